The molecular weight excluding hydrogens is 389 g/mol. The van der Waals surface area contributed by atoms with Crippen LogP contribution in [-0.4, -0.2) is 45.5 Å². The van der Waals surface area contributed by atoms with Gasteiger partial charge in [0.15, 0.2) is 0 Å². The van der Waals surface area contributed by atoms with Gasteiger partial charge in [-0.2, -0.15) is 13.2 Å². The minimum atomic E-state index is -4.48. The maximum atomic E-state index is 12.2. The van der Waals surface area contributed by atoms with E-state index in [1.165, 1.54) is 19.3 Å². The topological polar surface area (TPSA) is 126 Å². The first-order valence-corrected chi connectivity index (χ1v) is 8.47. The number of carbonyl (C=O) groups is 2. The third kappa shape index (κ3) is 4.81. The van der Waals surface area contributed by atoms with E-state index in [9.17, 15) is 22.8 Å². The highest BCUT2D eigenvalue weighted by Gasteiger charge is 2.28. The van der Waals surface area contributed by atoms with Crippen molar-refractivity contribution in [1.82, 2.24) is 20.3 Å². The predicted molar refractivity (Wildman–Crippen MR) is 100.0 cm³/mol. The molecule has 3 aromatic rings. The van der Waals surface area contributed by atoms with E-state index in [0.29, 0.717) is 27.8 Å². The number of halogens is 3. The molecule has 3 heterocycles. The number of aromatic amines is 1. The molecule has 8 nitrogen and oxygen atoms in total. The molecule has 0 saturated carbocycles. The quantitative estimate of drug-likeness (QED) is 0.499. The van der Waals surface area contributed by atoms with Crippen molar-refractivity contribution in [3.63, 3.8) is 0 Å². The van der Waals surface area contributed by atoms with Crippen LogP contribution in [0.5, 0.6) is 0 Å². The van der Waals surface area contributed by atoms with Crippen molar-refractivity contribution >= 4 is 28.5 Å². The zero-order valence-electron chi connectivity index (χ0n) is 15.2. The number of alkyl halides is 3. The lowest BCUT2D eigenvalue weighted by atomic mass is 10.1. The fraction of sp³-hybridized carbons (Fsp3) is 0.222. The Morgan fingerprint density at radius 1 is 1.24 bits per heavy atom. The van der Waals surface area contributed by atoms with Crippen LogP contribution in [0.25, 0.3) is 22.2 Å². The number of amides is 2. The highest BCUT2D eigenvalue weighted by molar-refractivity contribution is 6.00. The second-order valence-corrected chi connectivity index (χ2v) is 6.35. The lowest BCUT2D eigenvalue weighted by Gasteiger charge is -2.16. The first kappa shape index (κ1) is 20.1. The fourth-order valence-corrected chi connectivity index (χ4v) is 2.70. The van der Waals surface area contributed by atoms with Crippen LogP contribution in [0.3, 0.4) is 0 Å². The van der Waals surface area contributed by atoms with E-state index in [0.717, 1.165) is 0 Å². The van der Waals surface area contributed by atoms with Crippen LogP contribution in [0.2, 0.25) is 0 Å². The average Bonchev–Trinajstić information content (AvgIpc) is 3.08. The smallest absolute Gasteiger partial charge is 0.373 e. The number of nitrogens with zero attached hydrogens (tertiary/aromatic N) is 2. The second-order valence-electron chi connectivity index (χ2n) is 6.35. The summed E-state index contributed by atoms with van der Waals surface area (Å²) in [5.41, 5.74) is 7.87. The van der Waals surface area contributed by atoms with Crippen LogP contribution in [0.15, 0.2) is 36.9 Å². The standard InChI is InChI=1S/C18H17F3N6O2/c1-9(17(29)26-8-18(19,20)21)27-12-2-10(4-23-6-12)14-7-25-16-13(14)3-11(5-24-16)15(22)28/h2-7,9,27H,8H2,1H3,(H2,22,28)(H,24,25)(H,26,29)/t9-/m0/s1. The average molecular weight is 406 g/mol. The molecule has 0 fully saturated rings. The number of nitrogens with one attached hydrogen (secondary N) is 3. The lowest BCUT2D eigenvalue weighted by molar-refractivity contribution is -0.138. The summed E-state index contributed by atoms with van der Waals surface area (Å²) in [5.74, 6) is -1.41. The third-order valence-corrected chi connectivity index (χ3v) is 4.10. The van der Waals surface area contributed by atoms with Crippen molar-refractivity contribution in [2.45, 2.75) is 19.1 Å². The van der Waals surface area contributed by atoms with Crippen LogP contribution in [0.1, 0.15) is 17.3 Å². The number of rotatable bonds is 6. The number of aromatic nitrogens is 3. The van der Waals surface area contributed by atoms with Crippen molar-refractivity contribution < 1.29 is 22.8 Å². The Balaban J connectivity index is 1.81. The Morgan fingerprint density at radius 3 is 2.69 bits per heavy atom. The van der Waals surface area contributed by atoms with Crippen molar-refractivity contribution in [3.05, 3.63) is 42.5 Å². The summed E-state index contributed by atoms with van der Waals surface area (Å²) in [4.78, 5) is 34.5. The molecule has 0 aliphatic carbocycles. The highest BCUT2D eigenvalue weighted by Crippen LogP contribution is 2.29. The summed E-state index contributed by atoms with van der Waals surface area (Å²) in [5, 5.41) is 5.29. The summed E-state index contributed by atoms with van der Waals surface area (Å²) < 4.78 is 36.7. The van der Waals surface area contributed by atoms with E-state index < -0.39 is 30.6 Å². The molecule has 0 saturated heterocycles. The zero-order valence-corrected chi connectivity index (χ0v) is 15.2. The minimum Gasteiger partial charge on any atom is -0.373 e. The van der Waals surface area contributed by atoms with Gasteiger partial charge in [0.2, 0.25) is 11.8 Å². The molecule has 3 rings (SSSR count). The van der Waals surface area contributed by atoms with Crippen LogP contribution in [0, 0.1) is 0 Å². The Morgan fingerprint density at radius 2 is 2.00 bits per heavy atom. The van der Waals surface area contributed by atoms with Gasteiger partial charge in [-0.15, -0.1) is 0 Å². The van der Waals surface area contributed by atoms with Crippen LogP contribution < -0.4 is 16.4 Å². The molecular formula is C18H17F3N6O2. The van der Waals surface area contributed by atoms with Gasteiger partial charge in [-0.3, -0.25) is 14.6 Å². The summed E-state index contributed by atoms with van der Waals surface area (Å²) >= 11 is 0. The summed E-state index contributed by atoms with van der Waals surface area (Å²) in [6, 6.07) is 2.37. The molecule has 0 unspecified atom stereocenters. The van der Waals surface area contributed by atoms with Crippen molar-refractivity contribution in [1.29, 1.82) is 0 Å². The second kappa shape index (κ2) is 7.78. The number of carbonyl (C=O) groups excluding carboxylic acids is 2. The fourth-order valence-electron chi connectivity index (χ4n) is 2.70. The Kier molecular flexibility index (Phi) is 5.39. The Bertz CT molecular complexity index is 1060. The molecule has 0 aromatic carbocycles. The predicted octanol–water partition coefficient (Wildman–Crippen LogP) is 2.20. The number of hydrogen-bond acceptors (Lipinski definition) is 5. The summed E-state index contributed by atoms with van der Waals surface area (Å²) in [6.07, 6.45) is 1.58. The number of hydrogen-bond donors (Lipinski definition) is 4. The summed E-state index contributed by atoms with van der Waals surface area (Å²) in [7, 11) is 0. The van der Waals surface area contributed by atoms with Crippen LogP contribution >= 0.6 is 0 Å². The Labute approximate surface area is 162 Å². The Hall–Kier alpha value is -3.63. The third-order valence-electron chi connectivity index (χ3n) is 4.10. The van der Waals surface area contributed by atoms with Gasteiger partial charge in [-0.1, -0.05) is 0 Å². The van der Waals surface area contributed by atoms with Gasteiger partial charge < -0.3 is 21.4 Å². The van der Waals surface area contributed by atoms with E-state index in [2.05, 4.69) is 20.3 Å². The first-order valence-electron chi connectivity index (χ1n) is 8.47. The SMILES string of the molecule is C[C@H](Nc1cncc(-c2c[nH]c3ncc(C(N)=O)cc23)c1)C(=O)NCC(F)(F)F. The lowest BCUT2D eigenvalue weighted by Crippen LogP contribution is -2.42. The number of H-pyrrole nitrogens is 1. The zero-order chi connectivity index (χ0) is 21.2. The number of primary amides is 1. The number of anilines is 1. The molecule has 5 N–H and O–H groups in total. The minimum absolute atomic E-state index is 0.246. The van der Waals surface area contributed by atoms with Crippen molar-refractivity contribution in [2.24, 2.45) is 5.73 Å². The van der Waals surface area contributed by atoms with Crippen LogP contribution in [-0.2, 0) is 4.79 Å². The number of fused-ring (bicyclic) bond motifs is 1. The van der Waals surface area contributed by atoms with Gasteiger partial charge in [0.05, 0.1) is 11.3 Å². The highest BCUT2D eigenvalue weighted by atomic mass is 19.4. The monoisotopic (exact) mass is 406 g/mol. The van der Waals surface area contributed by atoms with E-state index in [1.54, 1.807) is 24.5 Å². The molecule has 152 valence electrons. The van der Waals surface area contributed by atoms with Gasteiger partial charge in [0.25, 0.3) is 0 Å². The normalized spacial score (nSPS) is 12.6. The van der Waals surface area contributed by atoms with E-state index >= 15 is 0 Å². The van der Waals surface area contributed by atoms with Gasteiger partial charge in [-0.25, -0.2) is 4.98 Å². The van der Waals surface area contributed by atoms with Gasteiger partial charge in [0.1, 0.15) is 18.2 Å². The first-order chi connectivity index (χ1) is 13.6. The number of pyridine rings is 2. The molecule has 3 aromatic heterocycles. The number of nitrogens with two attached hydrogens (primary N) is 1. The van der Waals surface area contributed by atoms with E-state index in [4.69, 9.17) is 5.73 Å². The molecule has 0 aliphatic heterocycles. The molecule has 0 radical (unpaired) electrons. The van der Waals surface area contributed by atoms with Crippen LogP contribution in [0.4, 0.5) is 18.9 Å². The molecule has 0 spiro atoms. The molecule has 0 bridgehead atoms. The van der Waals surface area contributed by atoms with Crippen molar-refractivity contribution in [3.8, 4) is 11.1 Å². The van der Waals surface area contributed by atoms with Crippen molar-refractivity contribution in [2.75, 3.05) is 11.9 Å². The van der Waals surface area contributed by atoms with E-state index in [-0.39, 0.29) is 5.56 Å². The van der Waals surface area contributed by atoms with Gasteiger partial charge >= 0.3 is 6.18 Å². The summed E-state index contributed by atoms with van der Waals surface area (Å²) in [6.45, 7) is 0.0355. The van der Waals surface area contributed by atoms with E-state index in [1.807, 2.05) is 5.32 Å². The van der Waals surface area contributed by atoms with Gasteiger partial charge in [0, 0.05) is 41.3 Å². The largest absolute Gasteiger partial charge is 0.405 e. The molecule has 1 atom stereocenters. The maximum Gasteiger partial charge on any atom is 0.405 e. The molecule has 29 heavy (non-hydrogen) atoms. The maximum absolute atomic E-state index is 12.2. The molecule has 11 heteroatoms. The molecule has 2 amide bonds. The van der Waals surface area contributed by atoms with Gasteiger partial charge in [-0.05, 0) is 19.1 Å². The molecule has 0 aliphatic rings.